The fraction of sp³-hybridized carbons (Fsp3) is 0.923. The molecule has 2 rings (SSSR count). The molecule has 0 unspecified atom stereocenters. The van der Waals surface area contributed by atoms with Crippen molar-refractivity contribution in [2.75, 3.05) is 46.8 Å². The number of rotatable bonds is 3. The van der Waals surface area contributed by atoms with Crippen LogP contribution in [-0.2, 0) is 4.79 Å². The van der Waals surface area contributed by atoms with Gasteiger partial charge in [0.15, 0.2) is 0 Å². The molecule has 2 fully saturated rings. The molecule has 98 valence electrons. The van der Waals surface area contributed by atoms with E-state index in [9.17, 15) is 4.79 Å². The maximum absolute atomic E-state index is 11.6. The SMILES string of the molecule is CN(C)C(=O)CN1CCN(C2CCCC2)CC1. The minimum Gasteiger partial charge on any atom is -0.348 e. The highest BCUT2D eigenvalue weighted by molar-refractivity contribution is 5.77. The van der Waals surface area contributed by atoms with E-state index in [0.717, 1.165) is 32.2 Å². The van der Waals surface area contributed by atoms with Crippen molar-refractivity contribution >= 4 is 5.91 Å². The molecule has 2 aliphatic rings. The zero-order chi connectivity index (χ0) is 12.3. The van der Waals surface area contributed by atoms with E-state index in [1.807, 2.05) is 14.1 Å². The predicted octanol–water partition coefficient (Wildman–Crippen LogP) is 0.635. The molecule has 0 aromatic heterocycles. The van der Waals surface area contributed by atoms with Gasteiger partial charge in [-0.1, -0.05) is 12.8 Å². The third kappa shape index (κ3) is 3.42. The molecule has 1 heterocycles. The Labute approximate surface area is 105 Å². The summed E-state index contributed by atoms with van der Waals surface area (Å²) >= 11 is 0. The Bertz CT molecular complexity index is 253. The summed E-state index contributed by atoms with van der Waals surface area (Å²) in [6, 6.07) is 0.835. The van der Waals surface area contributed by atoms with E-state index in [4.69, 9.17) is 0 Å². The van der Waals surface area contributed by atoms with Crippen LogP contribution in [0.25, 0.3) is 0 Å². The Morgan fingerprint density at radius 1 is 1.12 bits per heavy atom. The zero-order valence-corrected chi connectivity index (χ0v) is 11.2. The van der Waals surface area contributed by atoms with Crippen molar-refractivity contribution in [3.8, 4) is 0 Å². The molecule has 0 aromatic rings. The van der Waals surface area contributed by atoms with Crippen LogP contribution in [0.5, 0.6) is 0 Å². The van der Waals surface area contributed by atoms with Crippen LogP contribution in [0.2, 0.25) is 0 Å². The highest BCUT2D eigenvalue weighted by atomic mass is 16.2. The zero-order valence-electron chi connectivity index (χ0n) is 11.2. The molecular formula is C13H25N3O. The van der Waals surface area contributed by atoms with Gasteiger partial charge in [0.1, 0.15) is 0 Å². The summed E-state index contributed by atoms with van der Waals surface area (Å²) in [6.07, 6.45) is 5.58. The second-order valence-electron chi connectivity index (χ2n) is 5.54. The third-order valence-electron chi connectivity index (χ3n) is 4.11. The summed E-state index contributed by atoms with van der Waals surface area (Å²) in [7, 11) is 3.66. The van der Waals surface area contributed by atoms with Crippen LogP contribution < -0.4 is 0 Å². The average molecular weight is 239 g/mol. The molecule has 1 amide bonds. The molecule has 0 atom stereocenters. The predicted molar refractivity (Wildman–Crippen MR) is 69.0 cm³/mol. The minimum absolute atomic E-state index is 0.222. The van der Waals surface area contributed by atoms with Gasteiger partial charge in [0.25, 0.3) is 0 Å². The monoisotopic (exact) mass is 239 g/mol. The van der Waals surface area contributed by atoms with Gasteiger partial charge >= 0.3 is 0 Å². The van der Waals surface area contributed by atoms with Gasteiger partial charge in [-0.3, -0.25) is 14.6 Å². The quantitative estimate of drug-likeness (QED) is 0.723. The summed E-state index contributed by atoms with van der Waals surface area (Å²) in [4.78, 5) is 18.2. The van der Waals surface area contributed by atoms with Gasteiger partial charge in [-0.2, -0.15) is 0 Å². The highest BCUT2D eigenvalue weighted by Crippen LogP contribution is 2.24. The van der Waals surface area contributed by atoms with Gasteiger partial charge in [-0.05, 0) is 12.8 Å². The van der Waals surface area contributed by atoms with Crippen LogP contribution in [-0.4, -0.2) is 73.5 Å². The summed E-state index contributed by atoms with van der Waals surface area (Å²) in [5.41, 5.74) is 0. The lowest BCUT2D eigenvalue weighted by molar-refractivity contribution is -0.130. The third-order valence-corrected chi connectivity index (χ3v) is 4.11. The largest absolute Gasteiger partial charge is 0.348 e. The molecule has 1 saturated carbocycles. The second-order valence-corrected chi connectivity index (χ2v) is 5.54. The van der Waals surface area contributed by atoms with E-state index < -0.39 is 0 Å². The summed E-state index contributed by atoms with van der Waals surface area (Å²) in [5.74, 6) is 0.222. The van der Waals surface area contributed by atoms with Crippen molar-refractivity contribution in [2.45, 2.75) is 31.7 Å². The number of piperazine rings is 1. The van der Waals surface area contributed by atoms with Crippen LogP contribution in [0.4, 0.5) is 0 Å². The molecular weight excluding hydrogens is 214 g/mol. The molecule has 17 heavy (non-hydrogen) atoms. The van der Waals surface area contributed by atoms with E-state index in [1.54, 1.807) is 4.90 Å². The van der Waals surface area contributed by atoms with E-state index in [-0.39, 0.29) is 5.91 Å². The average Bonchev–Trinajstić information content (AvgIpc) is 2.83. The number of nitrogens with zero attached hydrogens (tertiary/aromatic N) is 3. The van der Waals surface area contributed by atoms with Crippen molar-refractivity contribution in [3.63, 3.8) is 0 Å². The molecule has 0 radical (unpaired) electrons. The van der Waals surface area contributed by atoms with Gasteiger partial charge in [0.2, 0.25) is 5.91 Å². The summed E-state index contributed by atoms with van der Waals surface area (Å²) in [5, 5.41) is 0. The van der Waals surface area contributed by atoms with Crippen LogP contribution in [0.15, 0.2) is 0 Å². The van der Waals surface area contributed by atoms with Crippen molar-refractivity contribution in [3.05, 3.63) is 0 Å². The molecule has 0 spiro atoms. The fourth-order valence-electron chi connectivity index (χ4n) is 2.89. The van der Waals surface area contributed by atoms with E-state index in [1.165, 1.54) is 25.7 Å². The van der Waals surface area contributed by atoms with Crippen molar-refractivity contribution in [1.82, 2.24) is 14.7 Å². The number of hydrogen-bond donors (Lipinski definition) is 0. The summed E-state index contributed by atoms with van der Waals surface area (Å²) in [6.45, 7) is 4.98. The van der Waals surface area contributed by atoms with Crippen molar-refractivity contribution in [1.29, 1.82) is 0 Å². The normalized spacial score (nSPS) is 24.1. The summed E-state index contributed by atoms with van der Waals surface area (Å²) < 4.78 is 0. The van der Waals surface area contributed by atoms with Crippen LogP contribution in [0.3, 0.4) is 0 Å². The smallest absolute Gasteiger partial charge is 0.236 e. The van der Waals surface area contributed by atoms with Gasteiger partial charge in [0, 0.05) is 46.3 Å². The lowest BCUT2D eigenvalue weighted by Crippen LogP contribution is -2.51. The number of carbonyl (C=O) groups excluding carboxylic acids is 1. The Morgan fingerprint density at radius 2 is 1.71 bits per heavy atom. The minimum atomic E-state index is 0.222. The Morgan fingerprint density at radius 3 is 2.24 bits per heavy atom. The van der Waals surface area contributed by atoms with E-state index in [0.29, 0.717) is 6.54 Å². The van der Waals surface area contributed by atoms with Crippen LogP contribution in [0, 0.1) is 0 Å². The molecule has 1 aliphatic carbocycles. The first-order valence-corrected chi connectivity index (χ1v) is 6.83. The van der Waals surface area contributed by atoms with E-state index >= 15 is 0 Å². The molecule has 4 nitrogen and oxygen atoms in total. The lowest BCUT2D eigenvalue weighted by Gasteiger charge is -2.38. The first kappa shape index (κ1) is 12.8. The lowest BCUT2D eigenvalue weighted by atomic mass is 10.2. The van der Waals surface area contributed by atoms with Crippen LogP contribution in [0.1, 0.15) is 25.7 Å². The maximum atomic E-state index is 11.6. The first-order chi connectivity index (χ1) is 8.16. The molecule has 0 aromatic carbocycles. The van der Waals surface area contributed by atoms with Gasteiger partial charge in [-0.25, -0.2) is 0 Å². The van der Waals surface area contributed by atoms with Gasteiger partial charge < -0.3 is 4.90 Å². The van der Waals surface area contributed by atoms with Gasteiger partial charge in [-0.15, -0.1) is 0 Å². The van der Waals surface area contributed by atoms with Gasteiger partial charge in [0.05, 0.1) is 6.54 Å². The van der Waals surface area contributed by atoms with Crippen molar-refractivity contribution < 1.29 is 4.79 Å². The molecule has 1 aliphatic heterocycles. The van der Waals surface area contributed by atoms with Crippen molar-refractivity contribution in [2.24, 2.45) is 0 Å². The molecule has 1 saturated heterocycles. The molecule has 0 N–H and O–H groups in total. The maximum Gasteiger partial charge on any atom is 0.236 e. The fourth-order valence-corrected chi connectivity index (χ4v) is 2.89. The second kappa shape index (κ2) is 5.83. The topological polar surface area (TPSA) is 26.8 Å². The van der Waals surface area contributed by atoms with Crippen LogP contribution >= 0.6 is 0 Å². The molecule has 4 heteroatoms. The first-order valence-electron chi connectivity index (χ1n) is 6.83. The molecule has 0 bridgehead atoms. The Balaban J connectivity index is 1.72. The Kier molecular flexibility index (Phi) is 4.40. The number of carbonyl (C=O) groups is 1. The standard InChI is InChI=1S/C13H25N3O/c1-14(2)13(17)11-15-7-9-16(10-8-15)12-5-3-4-6-12/h12H,3-11H2,1-2H3. The number of likely N-dealkylation sites (N-methyl/N-ethyl adjacent to an activating group) is 1. The highest BCUT2D eigenvalue weighted by Gasteiger charge is 2.26. The number of amides is 1. The Hall–Kier alpha value is -0.610. The number of hydrogen-bond acceptors (Lipinski definition) is 3. The van der Waals surface area contributed by atoms with E-state index in [2.05, 4.69) is 9.80 Å².